The zero-order valence-electron chi connectivity index (χ0n) is 14.5. The fourth-order valence-electron chi connectivity index (χ4n) is 4.00. The van der Waals surface area contributed by atoms with Gasteiger partial charge in [0, 0.05) is 30.5 Å². The average molecular weight is 334 g/mol. The molecule has 0 atom stereocenters. The molecular weight excluding hydrogens is 312 g/mol. The summed E-state index contributed by atoms with van der Waals surface area (Å²) in [5.74, 6) is 2.68. The van der Waals surface area contributed by atoms with E-state index in [0.717, 1.165) is 42.5 Å². The molecule has 1 aliphatic heterocycles. The summed E-state index contributed by atoms with van der Waals surface area (Å²) in [7, 11) is 0. The van der Waals surface area contributed by atoms with E-state index in [0.29, 0.717) is 23.0 Å². The fraction of sp³-hybridized carbons (Fsp3) is 0.429. The number of nitrogens with one attached hydrogen (secondary N) is 1. The Morgan fingerprint density at radius 3 is 2.60 bits per heavy atom. The van der Waals surface area contributed by atoms with Crippen LogP contribution < -0.4 is 10.5 Å². The quantitative estimate of drug-likeness (QED) is 0.690. The van der Waals surface area contributed by atoms with E-state index in [-0.39, 0.29) is 11.3 Å². The molecule has 1 aromatic heterocycles. The van der Waals surface area contributed by atoms with Crippen molar-refractivity contribution in [3.8, 4) is 12.3 Å². The third-order valence-corrected chi connectivity index (χ3v) is 5.87. The van der Waals surface area contributed by atoms with Crippen molar-refractivity contribution in [2.45, 2.75) is 39.0 Å². The van der Waals surface area contributed by atoms with Gasteiger partial charge in [-0.15, -0.1) is 6.42 Å². The number of hydrogen-bond acceptors (Lipinski definition) is 3. The Balaban J connectivity index is 1.88. The number of carbonyl (C=O) groups excluding carboxylic acids is 1. The van der Waals surface area contributed by atoms with Gasteiger partial charge in [0.1, 0.15) is 5.56 Å². The number of fused-ring (bicyclic) bond motifs is 1. The summed E-state index contributed by atoms with van der Waals surface area (Å²) < 4.78 is 0. The van der Waals surface area contributed by atoms with Crippen LogP contribution in [0.2, 0.25) is 0 Å². The van der Waals surface area contributed by atoms with Crippen LogP contribution >= 0.6 is 0 Å². The molecule has 0 radical (unpaired) electrons. The van der Waals surface area contributed by atoms with Gasteiger partial charge in [0.2, 0.25) is 0 Å². The van der Waals surface area contributed by atoms with Crippen LogP contribution in [0.1, 0.15) is 54.9 Å². The van der Waals surface area contributed by atoms with Crippen molar-refractivity contribution in [3.05, 3.63) is 39.7 Å². The van der Waals surface area contributed by atoms with Crippen molar-refractivity contribution < 1.29 is 4.79 Å². The molecule has 1 saturated heterocycles. The van der Waals surface area contributed by atoms with Crippen molar-refractivity contribution in [1.29, 1.82) is 0 Å². The molecule has 0 unspecified atom stereocenters. The van der Waals surface area contributed by atoms with Gasteiger partial charge in [-0.2, -0.15) is 0 Å². The molecule has 2 aromatic rings. The highest BCUT2D eigenvalue weighted by Gasteiger charge is 2.44. The van der Waals surface area contributed by atoms with Gasteiger partial charge in [-0.3, -0.25) is 9.59 Å². The van der Waals surface area contributed by atoms with Gasteiger partial charge in [-0.25, -0.2) is 0 Å². The standard InChI is InChI=1S/C21H22N2O2/c1-3-15-19(23-11-9-21(7-8-21)10-12-23)16-13-14(18(24)4-2)5-6-17(16)22-20(15)25/h1,5-6,13H,4,7-12H2,2H3,(H,22,25). The number of Topliss-reactive ketones (excluding diaryl/α,β-unsaturated/α-hetero) is 1. The maximum absolute atomic E-state index is 12.5. The van der Waals surface area contributed by atoms with Crippen molar-refractivity contribution in [3.63, 3.8) is 0 Å². The number of benzene rings is 1. The molecule has 2 heterocycles. The molecule has 0 amide bonds. The number of hydrogen-bond donors (Lipinski definition) is 1. The van der Waals surface area contributed by atoms with Crippen molar-refractivity contribution in [2.24, 2.45) is 5.41 Å². The third-order valence-electron chi connectivity index (χ3n) is 5.87. The molecule has 2 fully saturated rings. The van der Waals surface area contributed by atoms with E-state index >= 15 is 0 Å². The van der Waals surface area contributed by atoms with Gasteiger partial charge in [0.25, 0.3) is 5.56 Å². The van der Waals surface area contributed by atoms with E-state index in [2.05, 4.69) is 15.8 Å². The minimum Gasteiger partial charge on any atom is -0.370 e. The Kier molecular flexibility index (Phi) is 3.68. The lowest BCUT2D eigenvalue weighted by Gasteiger charge is -2.35. The van der Waals surface area contributed by atoms with Crippen LogP contribution in [0.15, 0.2) is 23.0 Å². The Morgan fingerprint density at radius 1 is 1.28 bits per heavy atom. The highest BCUT2D eigenvalue weighted by Crippen LogP contribution is 2.54. The Morgan fingerprint density at radius 2 is 2.00 bits per heavy atom. The normalized spacial score (nSPS) is 18.3. The summed E-state index contributed by atoms with van der Waals surface area (Å²) in [6.45, 7) is 3.69. The second-order valence-electron chi connectivity index (χ2n) is 7.35. The van der Waals surface area contributed by atoms with Crippen LogP contribution in [-0.4, -0.2) is 23.9 Å². The van der Waals surface area contributed by atoms with Gasteiger partial charge in [0.15, 0.2) is 5.78 Å². The van der Waals surface area contributed by atoms with E-state index in [1.807, 2.05) is 19.1 Å². The van der Waals surface area contributed by atoms with E-state index in [4.69, 9.17) is 6.42 Å². The van der Waals surface area contributed by atoms with Crippen LogP contribution in [-0.2, 0) is 0 Å². The van der Waals surface area contributed by atoms with Gasteiger partial charge >= 0.3 is 0 Å². The number of pyridine rings is 1. The van der Waals surface area contributed by atoms with Crippen LogP contribution in [0, 0.1) is 17.8 Å². The molecule has 2 aliphatic rings. The number of terminal acetylenes is 1. The second kappa shape index (κ2) is 5.77. The van der Waals surface area contributed by atoms with E-state index < -0.39 is 0 Å². The van der Waals surface area contributed by atoms with Gasteiger partial charge < -0.3 is 9.88 Å². The summed E-state index contributed by atoms with van der Waals surface area (Å²) in [5, 5.41) is 0.874. The first-order valence-electron chi connectivity index (χ1n) is 9.02. The Bertz CT molecular complexity index is 950. The Labute approximate surface area is 147 Å². The van der Waals surface area contributed by atoms with Crippen molar-refractivity contribution in [2.75, 3.05) is 18.0 Å². The molecule has 1 saturated carbocycles. The van der Waals surface area contributed by atoms with Crippen LogP contribution in [0.5, 0.6) is 0 Å². The number of rotatable bonds is 3. The molecule has 1 aromatic carbocycles. The van der Waals surface area contributed by atoms with Gasteiger partial charge in [-0.05, 0) is 49.3 Å². The zero-order chi connectivity index (χ0) is 17.6. The van der Waals surface area contributed by atoms with Gasteiger partial charge in [-0.1, -0.05) is 12.8 Å². The maximum Gasteiger partial charge on any atom is 0.266 e. The average Bonchev–Trinajstić information content (AvgIpc) is 3.39. The second-order valence-corrected chi connectivity index (χ2v) is 7.35. The first-order chi connectivity index (χ1) is 12.1. The molecule has 4 rings (SSSR count). The highest BCUT2D eigenvalue weighted by molar-refractivity contribution is 6.03. The van der Waals surface area contributed by atoms with Crippen LogP contribution in [0.3, 0.4) is 0 Å². The van der Waals surface area contributed by atoms with Crippen LogP contribution in [0.25, 0.3) is 10.9 Å². The number of H-pyrrole nitrogens is 1. The summed E-state index contributed by atoms with van der Waals surface area (Å²) in [6, 6.07) is 5.48. The molecule has 25 heavy (non-hydrogen) atoms. The molecule has 4 heteroatoms. The topological polar surface area (TPSA) is 53.2 Å². The predicted octanol–water partition coefficient (Wildman–Crippen LogP) is 3.48. The molecule has 1 aliphatic carbocycles. The van der Waals surface area contributed by atoms with E-state index in [1.54, 1.807) is 6.07 Å². The SMILES string of the molecule is C#Cc1c(N2CCC3(CC2)CC3)c2cc(C(=O)CC)ccc2[nH]c1=O. The molecular formula is C21H22N2O2. The number of anilines is 1. The number of aromatic nitrogens is 1. The summed E-state index contributed by atoms with van der Waals surface area (Å²) in [5.41, 5.74) is 2.92. The first-order valence-corrected chi connectivity index (χ1v) is 9.02. The first kappa shape index (κ1) is 16.0. The number of ketones is 1. The maximum atomic E-state index is 12.5. The predicted molar refractivity (Wildman–Crippen MR) is 100 cm³/mol. The number of nitrogens with zero attached hydrogens (tertiary/aromatic N) is 1. The Hall–Kier alpha value is -2.54. The monoisotopic (exact) mass is 334 g/mol. The van der Waals surface area contributed by atoms with Crippen molar-refractivity contribution >= 4 is 22.4 Å². The lowest BCUT2D eigenvalue weighted by Crippen LogP contribution is -2.36. The largest absolute Gasteiger partial charge is 0.370 e. The van der Waals surface area contributed by atoms with Gasteiger partial charge in [0.05, 0.1) is 11.2 Å². The molecule has 1 spiro atoms. The lowest BCUT2D eigenvalue weighted by atomic mass is 9.92. The zero-order valence-corrected chi connectivity index (χ0v) is 14.5. The smallest absolute Gasteiger partial charge is 0.266 e. The molecule has 0 bridgehead atoms. The van der Waals surface area contributed by atoms with E-state index in [9.17, 15) is 9.59 Å². The third kappa shape index (κ3) is 2.64. The van der Waals surface area contributed by atoms with Crippen LogP contribution in [0.4, 0.5) is 5.69 Å². The minimum absolute atomic E-state index is 0.0943. The molecule has 1 N–H and O–H groups in total. The number of piperidine rings is 1. The fourth-order valence-corrected chi connectivity index (χ4v) is 4.00. The van der Waals surface area contributed by atoms with E-state index in [1.165, 1.54) is 12.8 Å². The number of aromatic amines is 1. The highest BCUT2D eigenvalue weighted by atomic mass is 16.1. The molecule has 128 valence electrons. The lowest BCUT2D eigenvalue weighted by molar-refractivity contribution is 0.0988. The minimum atomic E-state index is -0.230. The summed E-state index contributed by atoms with van der Waals surface area (Å²) in [6.07, 6.45) is 11.1. The summed E-state index contributed by atoms with van der Waals surface area (Å²) in [4.78, 5) is 29.7. The van der Waals surface area contributed by atoms with Crippen molar-refractivity contribution in [1.82, 2.24) is 4.98 Å². The summed E-state index contributed by atoms with van der Waals surface area (Å²) >= 11 is 0. The molecule has 4 nitrogen and oxygen atoms in total. The number of carbonyl (C=O) groups is 1.